The molecule has 1 aliphatic carbocycles. The molecule has 4 aromatic rings. The van der Waals surface area contributed by atoms with Gasteiger partial charge in [-0.05, 0) is 66.0 Å². The summed E-state index contributed by atoms with van der Waals surface area (Å²) in [5.74, 6) is -5.36. The number of benzene rings is 4. The van der Waals surface area contributed by atoms with Crippen LogP contribution in [-0.2, 0) is 75.3 Å². The summed E-state index contributed by atoms with van der Waals surface area (Å²) in [6, 6.07) is 29.2. The number of ether oxygens (including phenoxy) is 5. The number of aldehydes is 1. The number of aliphatic carboxylic acids is 1. The molecule has 1 aliphatic rings. The first-order chi connectivity index (χ1) is 36.3. The van der Waals surface area contributed by atoms with Gasteiger partial charge in [0.2, 0.25) is 23.6 Å². The van der Waals surface area contributed by atoms with E-state index in [4.69, 9.17) is 23.7 Å². The highest BCUT2D eigenvalue weighted by Crippen LogP contribution is 2.44. The van der Waals surface area contributed by atoms with E-state index < -0.39 is 78.4 Å². The maximum absolute atomic E-state index is 13.3. The number of alkyl carbamates (subject to hydrolysis) is 1. The van der Waals surface area contributed by atoms with Crippen LogP contribution in [0.4, 0.5) is 4.79 Å². The van der Waals surface area contributed by atoms with E-state index in [0.29, 0.717) is 18.3 Å². The number of carbonyl (C=O) groups is 9. The number of esters is 2. The molecule has 5 rings (SSSR count). The van der Waals surface area contributed by atoms with E-state index in [2.05, 4.69) is 26.6 Å². The molecule has 4 atom stereocenters. The fourth-order valence-corrected chi connectivity index (χ4v) is 7.98. The van der Waals surface area contributed by atoms with E-state index >= 15 is 0 Å². The van der Waals surface area contributed by atoms with E-state index in [1.165, 1.54) is 0 Å². The Labute approximate surface area is 434 Å². The van der Waals surface area contributed by atoms with Gasteiger partial charge in [-0.25, -0.2) is 14.4 Å². The van der Waals surface area contributed by atoms with Crippen molar-refractivity contribution >= 4 is 53.9 Å². The number of carboxylic acids is 1. The third kappa shape index (κ3) is 20.5. The van der Waals surface area contributed by atoms with Crippen LogP contribution in [0.1, 0.15) is 86.5 Å². The Hall–Kier alpha value is -7.97. The zero-order valence-corrected chi connectivity index (χ0v) is 41.8. The van der Waals surface area contributed by atoms with Crippen LogP contribution in [-0.4, -0.2) is 123 Å². The maximum atomic E-state index is 13.3. The Morgan fingerprint density at radius 2 is 1.13 bits per heavy atom. The third-order valence-electron chi connectivity index (χ3n) is 11.9. The summed E-state index contributed by atoms with van der Waals surface area (Å²) in [6.45, 7) is 1.24. The molecule has 400 valence electrons. The maximum Gasteiger partial charge on any atom is 0.407 e. The van der Waals surface area contributed by atoms with Crippen LogP contribution < -0.4 is 26.6 Å². The van der Waals surface area contributed by atoms with E-state index in [1.807, 2.05) is 54.6 Å². The molecule has 0 aliphatic heterocycles. The van der Waals surface area contributed by atoms with Gasteiger partial charge in [0.05, 0.1) is 19.8 Å². The van der Waals surface area contributed by atoms with Crippen LogP contribution in [0.5, 0.6) is 0 Å². The molecule has 0 bridgehead atoms. The third-order valence-corrected chi connectivity index (χ3v) is 11.9. The first-order valence-corrected chi connectivity index (χ1v) is 24.8. The summed E-state index contributed by atoms with van der Waals surface area (Å²) in [7, 11) is 0. The predicted octanol–water partition coefficient (Wildman–Crippen LogP) is 4.41. The van der Waals surface area contributed by atoms with Crippen LogP contribution in [0.15, 0.2) is 109 Å². The molecule has 0 fully saturated rings. The van der Waals surface area contributed by atoms with Gasteiger partial charge in [0.25, 0.3) is 0 Å². The standard InChI is InChI=1S/C55H65N5O15/c1-37(13-12-29-61)57-52(66)45(22-26-49(63)59-47(54(69)74-34-39-16-6-3-7-17-39)24-27-51(65)73-33-38-14-4-2-5-15-38)58-50(64)36-72-32-31-71-30-28-56-48(62)25-23-46(53(67)68)60-55(70)75-35-44-42-20-10-8-18-40(42)41-19-9-11-21-43(41)44/h2-11,14-21,29,37,44-47H,12-13,22-28,30-36H2,1H3,(H,56,62)(H,57,66)(H,58,64)(H,59,63)(H,60,70)(H,67,68). The lowest BCUT2D eigenvalue weighted by atomic mass is 9.98. The Balaban J connectivity index is 1.00. The number of carbonyl (C=O) groups excluding carboxylic acids is 8. The second-order valence-corrected chi connectivity index (χ2v) is 17.6. The monoisotopic (exact) mass is 1040 g/mol. The topological polar surface area (TPSA) is 280 Å². The van der Waals surface area contributed by atoms with Gasteiger partial charge >= 0.3 is 24.0 Å². The molecule has 75 heavy (non-hydrogen) atoms. The van der Waals surface area contributed by atoms with Crippen LogP contribution in [0, 0.1) is 0 Å². The van der Waals surface area contributed by atoms with Crippen molar-refractivity contribution in [2.75, 3.05) is 39.6 Å². The lowest BCUT2D eigenvalue weighted by molar-refractivity contribution is -0.150. The number of fused-ring (bicyclic) bond motifs is 3. The molecule has 6 N–H and O–H groups in total. The number of hydrogen-bond acceptors (Lipinski definition) is 14. The van der Waals surface area contributed by atoms with Gasteiger partial charge < -0.3 is 60.2 Å². The zero-order chi connectivity index (χ0) is 53.8. The van der Waals surface area contributed by atoms with Crippen LogP contribution in [0.2, 0.25) is 0 Å². The highest BCUT2D eigenvalue weighted by Gasteiger charge is 2.31. The fourth-order valence-electron chi connectivity index (χ4n) is 7.98. The van der Waals surface area contributed by atoms with Crippen molar-refractivity contribution in [3.8, 4) is 11.1 Å². The quantitative estimate of drug-likeness (QED) is 0.0167. The average Bonchev–Trinajstić information content (AvgIpc) is 3.74. The molecule has 4 unspecified atom stereocenters. The molecular weight excluding hydrogens is 971 g/mol. The molecule has 0 heterocycles. The first-order valence-electron chi connectivity index (χ1n) is 24.8. The van der Waals surface area contributed by atoms with Crippen LogP contribution in [0.25, 0.3) is 11.1 Å². The van der Waals surface area contributed by atoms with Gasteiger partial charge in [-0.1, -0.05) is 109 Å². The van der Waals surface area contributed by atoms with Gasteiger partial charge in [0, 0.05) is 44.2 Å². The number of carboxylic acid groups (broad SMARTS) is 1. The fraction of sp³-hybridized carbons (Fsp3) is 0.400. The van der Waals surface area contributed by atoms with Gasteiger partial charge in [0.15, 0.2) is 0 Å². The minimum atomic E-state index is -1.38. The molecule has 20 nitrogen and oxygen atoms in total. The number of amides is 5. The summed E-state index contributed by atoms with van der Waals surface area (Å²) in [5.41, 5.74) is 5.58. The van der Waals surface area contributed by atoms with Crippen molar-refractivity contribution < 1.29 is 71.9 Å². The normalized spacial score (nSPS) is 13.0. The molecule has 0 radical (unpaired) electrons. The van der Waals surface area contributed by atoms with Crippen molar-refractivity contribution in [1.29, 1.82) is 0 Å². The Kier molecular flexibility index (Phi) is 24.4. The Morgan fingerprint density at radius 1 is 0.573 bits per heavy atom. The van der Waals surface area contributed by atoms with Crippen molar-refractivity contribution in [3.63, 3.8) is 0 Å². The SMILES string of the molecule is CC(CCC=O)NC(=O)C(CCC(=O)NC(CCC(=O)OCc1ccccc1)C(=O)OCc1ccccc1)NC(=O)COCCOCCNC(=O)CCC(NC(=O)OCC1c2ccccc2-c2ccccc21)C(=O)O. The molecule has 0 spiro atoms. The molecule has 5 amide bonds. The minimum absolute atomic E-state index is 0.00299. The summed E-state index contributed by atoms with van der Waals surface area (Å²) in [6.07, 6.45) is -0.977. The lowest BCUT2D eigenvalue weighted by Crippen LogP contribution is -2.50. The lowest BCUT2D eigenvalue weighted by Gasteiger charge is -2.22. The van der Waals surface area contributed by atoms with Crippen LogP contribution in [0.3, 0.4) is 0 Å². The number of hydrogen-bond donors (Lipinski definition) is 6. The Morgan fingerprint density at radius 3 is 1.77 bits per heavy atom. The largest absolute Gasteiger partial charge is 0.480 e. The molecule has 20 heteroatoms. The second kappa shape index (κ2) is 31.6. The predicted molar refractivity (Wildman–Crippen MR) is 271 cm³/mol. The summed E-state index contributed by atoms with van der Waals surface area (Å²) in [5, 5.41) is 22.6. The van der Waals surface area contributed by atoms with Crippen molar-refractivity contribution in [2.24, 2.45) is 0 Å². The van der Waals surface area contributed by atoms with Gasteiger partial charge in [-0.2, -0.15) is 0 Å². The molecule has 0 saturated carbocycles. The van der Waals surface area contributed by atoms with Crippen molar-refractivity contribution in [3.05, 3.63) is 131 Å². The highest BCUT2D eigenvalue weighted by atomic mass is 16.6. The number of nitrogens with one attached hydrogen (secondary N) is 5. The van der Waals surface area contributed by atoms with E-state index in [-0.39, 0.29) is 97.0 Å². The number of rotatable bonds is 33. The summed E-state index contributed by atoms with van der Waals surface area (Å²) in [4.78, 5) is 114. The molecule has 4 aromatic carbocycles. The molecule has 0 aromatic heterocycles. The van der Waals surface area contributed by atoms with Gasteiger partial charge in [-0.15, -0.1) is 0 Å². The average molecular weight is 1040 g/mol. The smallest absolute Gasteiger partial charge is 0.407 e. The Bertz CT molecular complexity index is 2480. The minimum Gasteiger partial charge on any atom is -0.480 e. The van der Waals surface area contributed by atoms with Gasteiger partial charge in [-0.3, -0.25) is 24.0 Å². The summed E-state index contributed by atoms with van der Waals surface area (Å²) < 4.78 is 27.2. The summed E-state index contributed by atoms with van der Waals surface area (Å²) >= 11 is 0. The van der Waals surface area contributed by atoms with Crippen molar-refractivity contribution in [1.82, 2.24) is 26.6 Å². The van der Waals surface area contributed by atoms with E-state index in [1.54, 1.807) is 61.5 Å². The van der Waals surface area contributed by atoms with E-state index in [0.717, 1.165) is 27.8 Å². The van der Waals surface area contributed by atoms with Crippen molar-refractivity contribution in [2.45, 2.75) is 102 Å². The highest BCUT2D eigenvalue weighted by molar-refractivity contribution is 5.90. The first kappa shape index (κ1) is 57.9. The zero-order valence-electron chi connectivity index (χ0n) is 41.8. The van der Waals surface area contributed by atoms with Gasteiger partial charge in [0.1, 0.15) is 50.8 Å². The van der Waals surface area contributed by atoms with E-state index in [9.17, 15) is 48.3 Å². The molecular formula is C55H65N5O15. The molecule has 0 saturated heterocycles. The second-order valence-electron chi connectivity index (χ2n) is 17.6. The van der Waals surface area contributed by atoms with Crippen LogP contribution >= 0.6 is 0 Å².